The Morgan fingerprint density at radius 3 is 2.59 bits per heavy atom. The molecule has 2 saturated heterocycles. The van der Waals surface area contributed by atoms with Crippen LogP contribution in [0.2, 0.25) is 0 Å². The fourth-order valence-electron chi connectivity index (χ4n) is 4.52. The quantitative estimate of drug-likeness (QED) is 0.518. The maximum Gasteiger partial charge on any atom is 0.258 e. The molecule has 2 fully saturated rings. The van der Waals surface area contributed by atoms with Crippen molar-refractivity contribution in [2.75, 3.05) is 26.9 Å². The first-order valence-corrected chi connectivity index (χ1v) is 11.5. The number of aromatic nitrogens is 3. The lowest BCUT2D eigenvalue weighted by atomic mass is 10.1. The van der Waals surface area contributed by atoms with Crippen molar-refractivity contribution >= 4 is 5.91 Å². The zero-order chi connectivity index (χ0) is 23.3. The topological polar surface area (TPSA) is 90.7 Å². The van der Waals surface area contributed by atoms with Gasteiger partial charge < -0.3 is 19.5 Å². The van der Waals surface area contributed by atoms with Crippen LogP contribution in [0.4, 0.5) is 0 Å². The first-order chi connectivity index (χ1) is 16.7. The molecule has 2 aromatic carbocycles. The van der Waals surface area contributed by atoms with Crippen LogP contribution in [0.5, 0.6) is 5.75 Å². The van der Waals surface area contributed by atoms with Crippen LogP contribution >= 0.6 is 0 Å². The third kappa shape index (κ3) is 5.27. The number of amides is 1. The summed E-state index contributed by atoms with van der Waals surface area (Å²) in [6, 6.07) is 19.3. The summed E-state index contributed by atoms with van der Waals surface area (Å²) in [6.07, 6.45) is 1.55. The summed E-state index contributed by atoms with van der Waals surface area (Å²) in [6.45, 7) is 2.33. The van der Waals surface area contributed by atoms with Crippen molar-refractivity contribution in [3.05, 3.63) is 78.1 Å². The standard InChI is InChI=1S/C25H29N5O4/c1-29(12-18-8-4-2-5-9-18)13-19-14-30(28-27-19)22-16-34-24-21(15-33-25(22)24)26-23(31)17-32-20-10-6-3-7-11-20/h2-11,14,21-22,24-25H,12-13,15-17H2,1H3,(H,26,31)/t21-,22-,24+,25+/m0/s1. The van der Waals surface area contributed by atoms with Gasteiger partial charge in [0, 0.05) is 13.1 Å². The van der Waals surface area contributed by atoms with Gasteiger partial charge in [0.2, 0.25) is 0 Å². The van der Waals surface area contributed by atoms with Crippen LogP contribution in [0, 0.1) is 0 Å². The van der Waals surface area contributed by atoms with Crippen molar-refractivity contribution in [1.82, 2.24) is 25.2 Å². The summed E-state index contributed by atoms with van der Waals surface area (Å²) in [5.41, 5.74) is 2.15. The Morgan fingerprint density at radius 1 is 1.06 bits per heavy atom. The lowest BCUT2D eigenvalue weighted by molar-refractivity contribution is -0.124. The highest BCUT2D eigenvalue weighted by molar-refractivity contribution is 5.78. The largest absolute Gasteiger partial charge is 0.484 e. The predicted molar refractivity (Wildman–Crippen MR) is 124 cm³/mol. The van der Waals surface area contributed by atoms with E-state index in [1.54, 1.807) is 0 Å². The van der Waals surface area contributed by atoms with Crippen molar-refractivity contribution in [3.8, 4) is 5.75 Å². The summed E-state index contributed by atoms with van der Waals surface area (Å²) in [5.74, 6) is 0.460. The van der Waals surface area contributed by atoms with Crippen molar-refractivity contribution < 1.29 is 19.0 Å². The Bertz CT molecular complexity index is 1080. The number of hydrogen-bond donors (Lipinski definition) is 1. The fourth-order valence-corrected chi connectivity index (χ4v) is 4.52. The van der Waals surface area contributed by atoms with Crippen molar-refractivity contribution in [3.63, 3.8) is 0 Å². The molecule has 2 aliphatic rings. The molecule has 1 aromatic heterocycles. The molecule has 0 spiro atoms. The number of nitrogens with one attached hydrogen (secondary N) is 1. The van der Waals surface area contributed by atoms with Gasteiger partial charge in [-0.15, -0.1) is 5.10 Å². The molecular formula is C25H29N5O4. The molecule has 0 unspecified atom stereocenters. The number of carbonyl (C=O) groups is 1. The number of fused-ring (bicyclic) bond motifs is 1. The molecule has 4 atom stereocenters. The van der Waals surface area contributed by atoms with E-state index in [1.807, 2.05) is 59.4 Å². The molecule has 0 radical (unpaired) electrons. The van der Waals surface area contributed by atoms with E-state index < -0.39 is 0 Å². The van der Waals surface area contributed by atoms with Crippen LogP contribution < -0.4 is 10.1 Å². The molecule has 0 aliphatic carbocycles. The van der Waals surface area contributed by atoms with Gasteiger partial charge in [-0.05, 0) is 24.7 Å². The van der Waals surface area contributed by atoms with Gasteiger partial charge in [-0.3, -0.25) is 9.69 Å². The SMILES string of the molecule is CN(Cc1ccccc1)Cc1cn([C@H]2CO[C@H]3[C@@H]2OC[C@@H]3NC(=O)COc2ccccc2)nn1. The van der Waals surface area contributed by atoms with E-state index in [-0.39, 0.29) is 36.8 Å². The molecule has 3 aromatic rings. The van der Waals surface area contributed by atoms with E-state index in [4.69, 9.17) is 14.2 Å². The molecule has 9 heteroatoms. The average Bonchev–Trinajstić information content (AvgIpc) is 3.57. The van der Waals surface area contributed by atoms with E-state index in [0.717, 1.165) is 12.2 Å². The van der Waals surface area contributed by atoms with E-state index in [2.05, 4.69) is 39.7 Å². The first-order valence-electron chi connectivity index (χ1n) is 11.5. The van der Waals surface area contributed by atoms with Crippen LogP contribution in [0.1, 0.15) is 17.3 Å². The van der Waals surface area contributed by atoms with E-state index >= 15 is 0 Å². The molecule has 9 nitrogen and oxygen atoms in total. The molecular weight excluding hydrogens is 434 g/mol. The zero-order valence-corrected chi connectivity index (χ0v) is 19.1. The second kappa shape index (κ2) is 10.3. The van der Waals surface area contributed by atoms with Crippen molar-refractivity contribution in [2.24, 2.45) is 0 Å². The summed E-state index contributed by atoms with van der Waals surface area (Å²) in [5, 5.41) is 11.7. The Hall–Kier alpha value is -3.27. The van der Waals surface area contributed by atoms with Crippen LogP contribution in [-0.2, 0) is 27.4 Å². The predicted octanol–water partition coefficient (Wildman–Crippen LogP) is 1.81. The molecule has 34 heavy (non-hydrogen) atoms. The second-order valence-electron chi connectivity index (χ2n) is 8.79. The van der Waals surface area contributed by atoms with E-state index in [9.17, 15) is 4.79 Å². The van der Waals surface area contributed by atoms with Gasteiger partial charge in [-0.2, -0.15) is 0 Å². The van der Waals surface area contributed by atoms with Crippen LogP contribution in [0.25, 0.3) is 0 Å². The molecule has 3 heterocycles. The highest BCUT2D eigenvalue weighted by Gasteiger charge is 2.49. The normalized spacial score (nSPS) is 23.7. The third-order valence-electron chi connectivity index (χ3n) is 6.11. The Labute approximate surface area is 198 Å². The van der Waals surface area contributed by atoms with Gasteiger partial charge >= 0.3 is 0 Å². The smallest absolute Gasteiger partial charge is 0.258 e. The van der Waals surface area contributed by atoms with Crippen LogP contribution in [0.3, 0.4) is 0 Å². The lowest BCUT2D eigenvalue weighted by Crippen LogP contribution is -2.45. The number of para-hydroxylation sites is 1. The summed E-state index contributed by atoms with van der Waals surface area (Å²) in [7, 11) is 2.07. The number of hydrogen-bond acceptors (Lipinski definition) is 7. The highest BCUT2D eigenvalue weighted by atomic mass is 16.6. The number of nitrogens with zero attached hydrogens (tertiary/aromatic N) is 4. The molecule has 0 bridgehead atoms. The monoisotopic (exact) mass is 463 g/mol. The minimum Gasteiger partial charge on any atom is -0.484 e. The summed E-state index contributed by atoms with van der Waals surface area (Å²) < 4.78 is 19.4. The van der Waals surface area contributed by atoms with Gasteiger partial charge in [-0.25, -0.2) is 4.68 Å². The Balaban J connectivity index is 1.12. The highest BCUT2D eigenvalue weighted by Crippen LogP contribution is 2.34. The lowest BCUT2D eigenvalue weighted by Gasteiger charge is -2.18. The number of benzene rings is 2. The molecule has 1 amide bonds. The number of ether oxygens (including phenoxy) is 3. The van der Waals surface area contributed by atoms with Gasteiger partial charge in [0.25, 0.3) is 5.91 Å². The Kier molecular flexibility index (Phi) is 6.84. The van der Waals surface area contributed by atoms with Crippen molar-refractivity contribution in [1.29, 1.82) is 0 Å². The minimum absolute atomic E-state index is 0.0513. The van der Waals surface area contributed by atoms with Gasteiger partial charge in [0.05, 0.1) is 31.1 Å². The molecule has 1 N–H and O–H groups in total. The Morgan fingerprint density at radius 2 is 1.79 bits per heavy atom. The molecule has 5 rings (SSSR count). The number of carbonyl (C=O) groups excluding carboxylic acids is 1. The molecule has 178 valence electrons. The second-order valence-corrected chi connectivity index (χ2v) is 8.79. The van der Waals surface area contributed by atoms with Gasteiger partial charge in [0.1, 0.15) is 24.0 Å². The maximum absolute atomic E-state index is 12.4. The van der Waals surface area contributed by atoms with Gasteiger partial charge in [-0.1, -0.05) is 53.7 Å². The van der Waals surface area contributed by atoms with Crippen molar-refractivity contribution in [2.45, 2.75) is 37.4 Å². The summed E-state index contributed by atoms with van der Waals surface area (Å²) >= 11 is 0. The van der Waals surface area contributed by atoms with Crippen LogP contribution in [-0.4, -0.2) is 70.9 Å². The first kappa shape index (κ1) is 22.5. The summed E-state index contributed by atoms with van der Waals surface area (Å²) in [4.78, 5) is 14.6. The van der Waals surface area contributed by atoms with E-state index in [1.165, 1.54) is 5.56 Å². The number of rotatable bonds is 9. The zero-order valence-electron chi connectivity index (χ0n) is 19.1. The third-order valence-corrected chi connectivity index (χ3v) is 6.11. The van der Waals surface area contributed by atoms with Gasteiger partial charge in [0.15, 0.2) is 6.61 Å². The molecule has 0 saturated carbocycles. The van der Waals surface area contributed by atoms with Crippen LogP contribution in [0.15, 0.2) is 66.9 Å². The maximum atomic E-state index is 12.4. The minimum atomic E-state index is -0.223. The average molecular weight is 464 g/mol. The van der Waals surface area contributed by atoms with E-state index in [0.29, 0.717) is 25.5 Å². The fraction of sp³-hybridized carbons (Fsp3) is 0.400. The molecule has 2 aliphatic heterocycles.